The maximum Gasteiger partial charge on any atom is 0.343 e. The summed E-state index contributed by atoms with van der Waals surface area (Å²) in [7, 11) is -2.09. The molecule has 2 nitrogen and oxygen atoms in total. The average molecular weight is 269 g/mol. The van der Waals surface area contributed by atoms with Gasteiger partial charge in [0.15, 0.2) is 0 Å². The van der Waals surface area contributed by atoms with Crippen LogP contribution in [0.15, 0.2) is 0 Å². The van der Waals surface area contributed by atoms with Crippen LogP contribution in [0, 0.1) is 0 Å². The highest BCUT2D eigenvalue weighted by molar-refractivity contribution is 7.80. The zero-order valence-corrected chi connectivity index (χ0v) is 13.0. The first-order chi connectivity index (χ1) is 7.01. The van der Waals surface area contributed by atoms with E-state index in [0.717, 1.165) is 11.5 Å². The quantitative estimate of drug-likeness (QED) is 0.520. The summed E-state index contributed by atoms with van der Waals surface area (Å²) in [5, 5.41) is 0. The van der Waals surface area contributed by atoms with Crippen LogP contribution < -0.4 is 0 Å². The van der Waals surface area contributed by atoms with E-state index in [4.69, 9.17) is 8.85 Å². The van der Waals surface area contributed by atoms with Gasteiger partial charge < -0.3 is 8.85 Å². The van der Waals surface area contributed by atoms with Gasteiger partial charge in [-0.05, 0) is 11.1 Å². The third kappa shape index (κ3) is 4.69. The standard InChI is InChI=1S/C10H24O2S2Si/c1-9(2)15(10(3)4,11-5-7-13)12-6-8-14/h9-10,13-14H,5-8H2,1-4H3. The smallest absolute Gasteiger partial charge is 0.343 e. The van der Waals surface area contributed by atoms with Crippen LogP contribution in [0.3, 0.4) is 0 Å². The lowest BCUT2D eigenvalue weighted by molar-refractivity contribution is 0.170. The summed E-state index contributed by atoms with van der Waals surface area (Å²) in [6.07, 6.45) is 0. The lowest BCUT2D eigenvalue weighted by Gasteiger charge is -2.37. The van der Waals surface area contributed by atoms with Gasteiger partial charge in [-0.2, -0.15) is 25.3 Å². The Kier molecular flexibility index (Phi) is 8.45. The van der Waals surface area contributed by atoms with Crippen LogP contribution in [0.1, 0.15) is 27.7 Å². The predicted octanol–water partition coefficient (Wildman–Crippen LogP) is 3.14. The normalized spacial score (nSPS) is 12.8. The molecular weight excluding hydrogens is 244 g/mol. The van der Waals surface area contributed by atoms with Crippen LogP contribution in [0.4, 0.5) is 0 Å². The summed E-state index contributed by atoms with van der Waals surface area (Å²) >= 11 is 8.37. The van der Waals surface area contributed by atoms with E-state index in [1.807, 2.05) is 0 Å². The van der Waals surface area contributed by atoms with Crippen LogP contribution >= 0.6 is 25.3 Å². The molecule has 0 aromatic heterocycles. The van der Waals surface area contributed by atoms with Crippen LogP contribution in [0.2, 0.25) is 11.1 Å². The van der Waals surface area contributed by atoms with Crippen molar-refractivity contribution < 1.29 is 8.85 Å². The number of hydrogen-bond donors (Lipinski definition) is 2. The van der Waals surface area contributed by atoms with Crippen molar-refractivity contribution in [2.75, 3.05) is 24.7 Å². The Hall–Kier alpha value is 0.837. The summed E-state index contributed by atoms with van der Waals surface area (Å²) in [6, 6.07) is 0. The Morgan fingerprint density at radius 1 is 0.867 bits per heavy atom. The van der Waals surface area contributed by atoms with Crippen molar-refractivity contribution in [2.45, 2.75) is 38.8 Å². The van der Waals surface area contributed by atoms with Crippen molar-refractivity contribution >= 4 is 33.8 Å². The third-order valence-corrected chi connectivity index (χ3v) is 7.34. The molecule has 0 saturated heterocycles. The molecule has 0 spiro atoms. The van der Waals surface area contributed by atoms with Gasteiger partial charge >= 0.3 is 8.56 Å². The largest absolute Gasteiger partial charge is 0.393 e. The Morgan fingerprint density at radius 3 is 1.40 bits per heavy atom. The van der Waals surface area contributed by atoms with Crippen LogP contribution in [-0.2, 0) is 8.85 Å². The first-order valence-corrected chi connectivity index (χ1v) is 8.74. The number of hydrogen-bond acceptors (Lipinski definition) is 4. The first kappa shape index (κ1) is 15.8. The Balaban J connectivity index is 4.57. The summed E-state index contributed by atoms with van der Waals surface area (Å²) < 4.78 is 12.0. The predicted molar refractivity (Wildman–Crippen MR) is 75.6 cm³/mol. The van der Waals surface area contributed by atoms with Gasteiger partial charge in [0.2, 0.25) is 0 Å². The van der Waals surface area contributed by atoms with E-state index < -0.39 is 8.56 Å². The van der Waals surface area contributed by atoms with E-state index in [0.29, 0.717) is 24.3 Å². The van der Waals surface area contributed by atoms with Crippen molar-refractivity contribution in [3.63, 3.8) is 0 Å². The SMILES string of the molecule is CC(C)[Si](OCCS)(OCCS)C(C)C. The molecule has 0 aromatic rings. The number of rotatable bonds is 8. The molecule has 0 aliphatic heterocycles. The van der Waals surface area contributed by atoms with Gasteiger partial charge in [-0.15, -0.1) is 0 Å². The highest BCUT2D eigenvalue weighted by Crippen LogP contribution is 2.34. The highest BCUT2D eigenvalue weighted by atomic mass is 32.1. The molecule has 0 atom stereocenters. The third-order valence-electron chi connectivity index (χ3n) is 2.45. The van der Waals surface area contributed by atoms with Gasteiger partial charge in [-0.25, -0.2) is 0 Å². The molecule has 0 fully saturated rings. The second kappa shape index (κ2) is 8.01. The maximum absolute atomic E-state index is 6.01. The molecule has 0 aliphatic rings. The molecule has 0 amide bonds. The van der Waals surface area contributed by atoms with Gasteiger partial charge in [-0.3, -0.25) is 0 Å². The zero-order chi connectivity index (χ0) is 11.9. The van der Waals surface area contributed by atoms with E-state index in [1.54, 1.807) is 0 Å². The molecule has 0 heterocycles. The second-order valence-electron chi connectivity index (χ2n) is 4.17. The topological polar surface area (TPSA) is 18.5 Å². The van der Waals surface area contributed by atoms with Crippen LogP contribution in [0.5, 0.6) is 0 Å². The molecule has 0 rings (SSSR count). The molecule has 0 bridgehead atoms. The molecule has 0 saturated carbocycles. The summed E-state index contributed by atoms with van der Waals surface area (Å²) in [4.78, 5) is 0. The molecule has 0 unspecified atom stereocenters. The van der Waals surface area contributed by atoms with Gasteiger partial charge in [0.05, 0.1) is 0 Å². The van der Waals surface area contributed by atoms with E-state index in [-0.39, 0.29) is 0 Å². The summed E-state index contributed by atoms with van der Waals surface area (Å²) in [6.45, 7) is 10.1. The molecule has 0 aliphatic carbocycles. The Labute approximate surface area is 106 Å². The van der Waals surface area contributed by atoms with Gasteiger partial charge in [0.1, 0.15) is 0 Å². The molecule has 5 heteroatoms. The van der Waals surface area contributed by atoms with Crippen molar-refractivity contribution in [3.05, 3.63) is 0 Å². The van der Waals surface area contributed by atoms with Gasteiger partial charge in [0, 0.05) is 24.7 Å². The van der Waals surface area contributed by atoms with Crippen molar-refractivity contribution in [3.8, 4) is 0 Å². The molecule has 0 radical (unpaired) electrons. The minimum absolute atomic E-state index is 0.456. The van der Waals surface area contributed by atoms with E-state index in [9.17, 15) is 0 Å². The minimum Gasteiger partial charge on any atom is -0.393 e. The highest BCUT2D eigenvalue weighted by Gasteiger charge is 2.44. The molecular formula is C10H24O2S2Si. The first-order valence-electron chi connectivity index (χ1n) is 5.50. The van der Waals surface area contributed by atoms with Crippen molar-refractivity contribution in [1.82, 2.24) is 0 Å². The average Bonchev–Trinajstić information content (AvgIpc) is 2.17. The van der Waals surface area contributed by atoms with E-state index >= 15 is 0 Å². The molecule has 0 N–H and O–H groups in total. The minimum atomic E-state index is -2.09. The fourth-order valence-electron chi connectivity index (χ4n) is 1.79. The summed E-state index contributed by atoms with van der Waals surface area (Å²) in [5.74, 6) is 1.50. The van der Waals surface area contributed by atoms with E-state index in [2.05, 4.69) is 53.0 Å². The van der Waals surface area contributed by atoms with Crippen LogP contribution in [-0.4, -0.2) is 33.3 Å². The molecule has 92 valence electrons. The second-order valence-corrected chi connectivity index (χ2v) is 9.40. The lowest BCUT2D eigenvalue weighted by Crippen LogP contribution is -2.49. The molecule has 0 aromatic carbocycles. The van der Waals surface area contributed by atoms with E-state index in [1.165, 1.54) is 0 Å². The van der Waals surface area contributed by atoms with Crippen LogP contribution in [0.25, 0.3) is 0 Å². The fraction of sp³-hybridized carbons (Fsp3) is 1.00. The fourth-order valence-corrected chi connectivity index (χ4v) is 5.90. The summed E-state index contributed by atoms with van der Waals surface area (Å²) in [5.41, 5.74) is 0.912. The monoisotopic (exact) mass is 268 g/mol. The number of thiol groups is 2. The molecule has 15 heavy (non-hydrogen) atoms. The van der Waals surface area contributed by atoms with Gasteiger partial charge in [0.25, 0.3) is 0 Å². The van der Waals surface area contributed by atoms with Crippen molar-refractivity contribution in [2.24, 2.45) is 0 Å². The Bertz CT molecular complexity index is 148. The van der Waals surface area contributed by atoms with Crippen molar-refractivity contribution in [1.29, 1.82) is 0 Å². The zero-order valence-electron chi connectivity index (χ0n) is 10.2. The Morgan fingerprint density at radius 2 is 1.20 bits per heavy atom. The lowest BCUT2D eigenvalue weighted by atomic mass is 10.5. The van der Waals surface area contributed by atoms with Gasteiger partial charge in [-0.1, -0.05) is 27.7 Å². The maximum atomic E-state index is 6.01.